The predicted octanol–water partition coefficient (Wildman–Crippen LogP) is 4.34. The SMILES string of the molecule is CCCNC(C)c1ccc(Sc2cnccn2)c(Cl)c1. The van der Waals surface area contributed by atoms with Gasteiger partial charge in [0.2, 0.25) is 0 Å². The van der Waals surface area contributed by atoms with Crippen LogP contribution in [0.5, 0.6) is 0 Å². The fraction of sp³-hybridized carbons (Fsp3) is 0.333. The van der Waals surface area contributed by atoms with E-state index in [1.807, 2.05) is 12.1 Å². The van der Waals surface area contributed by atoms with Crippen molar-refractivity contribution in [2.75, 3.05) is 6.54 Å². The first kappa shape index (κ1) is 15.3. The molecule has 0 spiro atoms. The molecule has 3 nitrogen and oxygen atoms in total. The molecule has 106 valence electrons. The van der Waals surface area contributed by atoms with Gasteiger partial charge in [0.25, 0.3) is 0 Å². The summed E-state index contributed by atoms with van der Waals surface area (Å²) in [6.07, 6.45) is 6.20. The summed E-state index contributed by atoms with van der Waals surface area (Å²) in [6.45, 7) is 5.32. The smallest absolute Gasteiger partial charge is 0.119 e. The van der Waals surface area contributed by atoms with Crippen molar-refractivity contribution in [3.05, 3.63) is 47.4 Å². The van der Waals surface area contributed by atoms with Gasteiger partial charge in [-0.3, -0.25) is 4.98 Å². The lowest BCUT2D eigenvalue weighted by molar-refractivity contribution is 0.570. The van der Waals surface area contributed by atoms with E-state index in [4.69, 9.17) is 11.6 Å². The number of rotatable bonds is 6. The van der Waals surface area contributed by atoms with E-state index in [-0.39, 0.29) is 0 Å². The van der Waals surface area contributed by atoms with E-state index >= 15 is 0 Å². The average Bonchev–Trinajstić information content (AvgIpc) is 2.48. The van der Waals surface area contributed by atoms with Crippen LogP contribution in [-0.4, -0.2) is 16.5 Å². The molecule has 5 heteroatoms. The predicted molar refractivity (Wildman–Crippen MR) is 84.3 cm³/mol. The molecule has 1 aromatic heterocycles. The fourth-order valence-electron chi connectivity index (χ4n) is 1.80. The van der Waals surface area contributed by atoms with Crippen molar-refractivity contribution in [3.8, 4) is 0 Å². The van der Waals surface area contributed by atoms with Gasteiger partial charge in [-0.1, -0.05) is 36.4 Å². The molecule has 0 saturated heterocycles. The Morgan fingerprint density at radius 1 is 1.35 bits per heavy atom. The number of halogens is 1. The van der Waals surface area contributed by atoms with E-state index in [1.54, 1.807) is 18.6 Å². The molecular formula is C15H18ClN3S. The largest absolute Gasteiger partial charge is 0.310 e. The maximum Gasteiger partial charge on any atom is 0.119 e. The summed E-state index contributed by atoms with van der Waals surface area (Å²) in [7, 11) is 0. The summed E-state index contributed by atoms with van der Waals surface area (Å²) in [5.74, 6) is 0. The van der Waals surface area contributed by atoms with E-state index in [0.717, 1.165) is 27.9 Å². The van der Waals surface area contributed by atoms with Crippen molar-refractivity contribution in [2.24, 2.45) is 0 Å². The third kappa shape index (κ3) is 4.20. The van der Waals surface area contributed by atoms with Gasteiger partial charge in [0.15, 0.2) is 0 Å². The van der Waals surface area contributed by atoms with Crippen molar-refractivity contribution >= 4 is 23.4 Å². The minimum absolute atomic E-state index is 0.308. The molecule has 0 radical (unpaired) electrons. The van der Waals surface area contributed by atoms with Crippen molar-refractivity contribution in [1.82, 2.24) is 15.3 Å². The van der Waals surface area contributed by atoms with Crippen LogP contribution in [0.4, 0.5) is 0 Å². The number of benzene rings is 1. The minimum Gasteiger partial charge on any atom is -0.310 e. The third-order valence-corrected chi connectivity index (χ3v) is 4.33. The van der Waals surface area contributed by atoms with Crippen LogP contribution in [0.15, 0.2) is 46.7 Å². The molecule has 1 unspecified atom stereocenters. The highest BCUT2D eigenvalue weighted by Gasteiger charge is 2.09. The molecule has 1 N–H and O–H groups in total. The molecule has 1 aromatic carbocycles. The van der Waals surface area contributed by atoms with Crippen molar-refractivity contribution in [3.63, 3.8) is 0 Å². The Kier molecular flexibility index (Phi) is 5.83. The van der Waals surface area contributed by atoms with Crippen molar-refractivity contribution in [2.45, 2.75) is 36.2 Å². The van der Waals surface area contributed by atoms with Gasteiger partial charge < -0.3 is 5.32 Å². The normalized spacial score (nSPS) is 12.3. The van der Waals surface area contributed by atoms with Gasteiger partial charge in [0, 0.05) is 23.3 Å². The molecule has 2 rings (SSSR count). The zero-order chi connectivity index (χ0) is 14.4. The van der Waals surface area contributed by atoms with Gasteiger partial charge in [-0.15, -0.1) is 0 Å². The summed E-state index contributed by atoms with van der Waals surface area (Å²) >= 11 is 7.89. The minimum atomic E-state index is 0.308. The second-order valence-electron chi connectivity index (χ2n) is 4.51. The first-order chi connectivity index (χ1) is 9.70. The number of nitrogens with one attached hydrogen (secondary N) is 1. The van der Waals surface area contributed by atoms with Gasteiger partial charge >= 0.3 is 0 Å². The van der Waals surface area contributed by atoms with Gasteiger partial charge in [-0.25, -0.2) is 4.98 Å². The van der Waals surface area contributed by atoms with Crippen LogP contribution in [0.1, 0.15) is 31.9 Å². The van der Waals surface area contributed by atoms with E-state index in [1.165, 1.54) is 17.3 Å². The Morgan fingerprint density at radius 3 is 2.85 bits per heavy atom. The summed E-state index contributed by atoms with van der Waals surface area (Å²) in [5, 5.41) is 5.06. The van der Waals surface area contributed by atoms with Gasteiger partial charge in [-0.2, -0.15) is 0 Å². The Labute approximate surface area is 129 Å². The second-order valence-corrected chi connectivity index (χ2v) is 5.98. The van der Waals surface area contributed by atoms with Crippen LogP contribution in [0.2, 0.25) is 5.02 Å². The molecule has 0 amide bonds. The van der Waals surface area contributed by atoms with Crippen LogP contribution in [0.25, 0.3) is 0 Å². The van der Waals surface area contributed by atoms with Crippen LogP contribution in [0, 0.1) is 0 Å². The van der Waals surface area contributed by atoms with Gasteiger partial charge in [-0.05, 0) is 37.6 Å². The highest BCUT2D eigenvalue weighted by atomic mass is 35.5. The molecule has 0 saturated carbocycles. The molecule has 0 aliphatic carbocycles. The lowest BCUT2D eigenvalue weighted by Gasteiger charge is -2.15. The monoisotopic (exact) mass is 307 g/mol. The summed E-state index contributed by atoms with van der Waals surface area (Å²) in [4.78, 5) is 9.29. The Bertz CT molecular complexity index is 548. The highest BCUT2D eigenvalue weighted by molar-refractivity contribution is 7.99. The third-order valence-electron chi connectivity index (χ3n) is 2.91. The quantitative estimate of drug-likeness (QED) is 0.861. The molecule has 20 heavy (non-hydrogen) atoms. The van der Waals surface area contributed by atoms with E-state index in [0.29, 0.717) is 6.04 Å². The van der Waals surface area contributed by atoms with E-state index in [9.17, 15) is 0 Å². The van der Waals surface area contributed by atoms with Crippen molar-refractivity contribution in [1.29, 1.82) is 0 Å². The average molecular weight is 308 g/mol. The molecule has 0 fully saturated rings. The number of hydrogen-bond donors (Lipinski definition) is 1. The zero-order valence-corrected chi connectivity index (χ0v) is 13.2. The second kappa shape index (κ2) is 7.62. The first-order valence-electron chi connectivity index (χ1n) is 6.67. The molecule has 0 bridgehead atoms. The van der Waals surface area contributed by atoms with E-state index in [2.05, 4.69) is 35.2 Å². The number of hydrogen-bond acceptors (Lipinski definition) is 4. The standard InChI is InChI=1S/C15H18ClN3S/c1-3-6-18-11(2)12-4-5-14(13(16)9-12)20-15-10-17-7-8-19-15/h4-5,7-11,18H,3,6H2,1-2H3. The zero-order valence-electron chi connectivity index (χ0n) is 11.6. The molecule has 1 heterocycles. The van der Waals surface area contributed by atoms with Crippen LogP contribution in [0.3, 0.4) is 0 Å². The molecule has 2 aromatic rings. The Morgan fingerprint density at radius 2 is 2.20 bits per heavy atom. The maximum atomic E-state index is 6.36. The number of aromatic nitrogens is 2. The summed E-state index contributed by atoms with van der Waals surface area (Å²) < 4.78 is 0. The lowest BCUT2D eigenvalue weighted by Crippen LogP contribution is -2.19. The van der Waals surface area contributed by atoms with Crippen LogP contribution >= 0.6 is 23.4 Å². The molecule has 0 aliphatic rings. The number of nitrogens with zero attached hydrogens (tertiary/aromatic N) is 2. The van der Waals surface area contributed by atoms with Crippen LogP contribution in [-0.2, 0) is 0 Å². The van der Waals surface area contributed by atoms with Crippen molar-refractivity contribution < 1.29 is 0 Å². The van der Waals surface area contributed by atoms with Gasteiger partial charge in [0.1, 0.15) is 5.03 Å². The van der Waals surface area contributed by atoms with Crippen LogP contribution < -0.4 is 5.32 Å². The highest BCUT2D eigenvalue weighted by Crippen LogP contribution is 2.33. The maximum absolute atomic E-state index is 6.36. The molecular weight excluding hydrogens is 290 g/mol. The topological polar surface area (TPSA) is 37.8 Å². The molecule has 1 atom stereocenters. The fourth-order valence-corrected chi connectivity index (χ4v) is 2.85. The summed E-state index contributed by atoms with van der Waals surface area (Å²) in [5.41, 5.74) is 1.20. The molecule has 0 aliphatic heterocycles. The first-order valence-corrected chi connectivity index (χ1v) is 7.87. The van der Waals surface area contributed by atoms with E-state index < -0.39 is 0 Å². The Balaban J connectivity index is 2.10. The van der Waals surface area contributed by atoms with Gasteiger partial charge in [0.05, 0.1) is 11.2 Å². The summed E-state index contributed by atoms with van der Waals surface area (Å²) in [6, 6.07) is 6.48. The Hall–Kier alpha value is -1.10. The lowest BCUT2D eigenvalue weighted by atomic mass is 10.1.